The zero-order valence-corrected chi connectivity index (χ0v) is 21.3. The Morgan fingerprint density at radius 1 is 1.32 bits per heavy atom. The maximum atomic E-state index is 13.1. The second-order valence-electron chi connectivity index (χ2n) is 8.07. The highest BCUT2D eigenvalue weighted by Gasteiger charge is 2.53. The number of hydrogen-bond acceptors (Lipinski definition) is 11. The molecule has 0 bridgehead atoms. The quantitative estimate of drug-likeness (QED) is 0.0466. The fraction of sp³-hybridized carbons (Fsp3) is 0.208. The first-order valence-electron chi connectivity index (χ1n) is 11.4. The third kappa shape index (κ3) is 5.89. The first kappa shape index (κ1) is 27.7. The Morgan fingerprint density at radius 2 is 2.12 bits per heavy atom. The van der Waals surface area contributed by atoms with Crippen LogP contribution in [0.1, 0.15) is 5.82 Å². The summed E-state index contributed by atoms with van der Waals surface area (Å²) < 4.78 is 1.65. The highest BCUT2D eigenvalue weighted by atomic mass is 32.2. The molecule has 2 atom stereocenters. The van der Waals surface area contributed by atoms with Gasteiger partial charge in [0.15, 0.2) is 31.4 Å². The fourth-order valence-corrected chi connectivity index (χ4v) is 5.26. The van der Waals surface area contributed by atoms with Crippen molar-refractivity contribution >= 4 is 59.6 Å². The van der Waals surface area contributed by atoms with E-state index < -0.39 is 34.9 Å². The Kier molecular flexibility index (Phi) is 8.66. The first-order chi connectivity index (χ1) is 19.4. The topological polar surface area (TPSA) is 199 Å². The van der Waals surface area contributed by atoms with Gasteiger partial charge in [0, 0.05) is 23.6 Å². The molecule has 2 aliphatic rings. The second kappa shape index (κ2) is 12.5. The maximum absolute atomic E-state index is 13.1. The number of nitrogens with one attached hydrogen (secondary N) is 3. The second-order valence-corrected chi connectivity index (χ2v) is 9.18. The van der Waals surface area contributed by atoms with Crippen molar-refractivity contribution in [2.75, 3.05) is 23.0 Å². The molecule has 2 aromatic rings. The van der Waals surface area contributed by atoms with E-state index in [1.54, 1.807) is 29.1 Å². The van der Waals surface area contributed by atoms with Crippen LogP contribution in [0.4, 0.5) is 11.5 Å². The summed E-state index contributed by atoms with van der Waals surface area (Å²) in [5, 5.41) is 22.4. The Morgan fingerprint density at radius 3 is 2.85 bits per heavy atom. The van der Waals surface area contributed by atoms with Crippen molar-refractivity contribution in [2.24, 2.45) is 5.16 Å². The zero-order valence-electron chi connectivity index (χ0n) is 20.5. The number of thioether (sulfide) groups is 1. The number of fused-ring (bicyclic) bond motifs is 1. The van der Waals surface area contributed by atoms with Crippen molar-refractivity contribution in [1.82, 2.24) is 20.2 Å². The number of anilines is 2. The van der Waals surface area contributed by atoms with Gasteiger partial charge in [-0.25, -0.2) is 9.97 Å². The summed E-state index contributed by atoms with van der Waals surface area (Å²) in [7, 11) is 0. The van der Waals surface area contributed by atoms with E-state index in [2.05, 4.69) is 37.0 Å². The summed E-state index contributed by atoms with van der Waals surface area (Å²) in [6, 6.07) is 3.60. The highest BCUT2D eigenvalue weighted by Crippen LogP contribution is 2.40. The number of carboxylic acids is 1. The van der Waals surface area contributed by atoms with Gasteiger partial charge in [-0.2, -0.15) is 4.57 Å². The Balaban J connectivity index is 1.54. The van der Waals surface area contributed by atoms with E-state index in [0.29, 0.717) is 24.1 Å². The molecule has 1 unspecified atom stereocenters. The number of amides is 4. The molecule has 2 aliphatic heterocycles. The fourth-order valence-electron chi connectivity index (χ4n) is 3.93. The molecule has 16 heteroatoms. The van der Waals surface area contributed by atoms with Crippen molar-refractivity contribution in [3.05, 3.63) is 53.9 Å². The van der Waals surface area contributed by atoms with Crippen LogP contribution in [0.25, 0.3) is 0 Å². The summed E-state index contributed by atoms with van der Waals surface area (Å²) in [6.07, 6.45) is 10.6. The van der Waals surface area contributed by atoms with Crippen molar-refractivity contribution < 1.29 is 38.5 Å². The molecule has 1 fully saturated rings. The molecular formula is C24H20N8O7S. The van der Waals surface area contributed by atoms with Crippen LogP contribution in [0, 0.1) is 12.3 Å². The van der Waals surface area contributed by atoms with Crippen LogP contribution in [-0.2, 0) is 35.4 Å². The summed E-state index contributed by atoms with van der Waals surface area (Å²) in [5.41, 5.74) is 0.194. The molecule has 4 heterocycles. The van der Waals surface area contributed by atoms with Crippen LogP contribution in [0.15, 0.2) is 53.2 Å². The molecule has 1 saturated heterocycles. The lowest BCUT2D eigenvalue weighted by Crippen LogP contribution is -2.71. The van der Waals surface area contributed by atoms with E-state index in [1.165, 1.54) is 24.0 Å². The first-order valence-corrected chi connectivity index (χ1v) is 12.5. The predicted octanol–water partition coefficient (Wildman–Crippen LogP) is -2.64. The smallest absolute Gasteiger partial charge is 0.278 e. The van der Waals surface area contributed by atoms with Gasteiger partial charge in [0.05, 0.1) is 11.7 Å². The van der Waals surface area contributed by atoms with Crippen LogP contribution in [0.2, 0.25) is 0 Å². The molecule has 204 valence electrons. The van der Waals surface area contributed by atoms with Gasteiger partial charge in [-0.1, -0.05) is 11.1 Å². The number of aliphatic carboxylic acids is 1. The number of pyridine rings is 1. The number of β-lactam (4-membered cyclic amide) rings is 1. The number of nitrogens with zero attached hydrogens (tertiary/aromatic N) is 5. The lowest BCUT2D eigenvalue weighted by Gasteiger charge is -2.50. The van der Waals surface area contributed by atoms with E-state index in [9.17, 15) is 29.1 Å². The number of carbonyl (C=O) groups excluding carboxylic acids is 5. The van der Waals surface area contributed by atoms with E-state index in [4.69, 9.17) is 11.3 Å². The van der Waals surface area contributed by atoms with Gasteiger partial charge in [-0.05, 0) is 12.1 Å². The van der Waals surface area contributed by atoms with Gasteiger partial charge in [0.25, 0.3) is 11.8 Å². The molecule has 4 amide bonds. The Labute approximate surface area is 230 Å². The van der Waals surface area contributed by atoms with E-state index in [0.717, 1.165) is 4.90 Å². The summed E-state index contributed by atoms with van der Waals surface area (Å²) >= 11 is 1.25. The van der Waals surface area contributed by atoms with Crippen LogP contribution in [0.5, 0.6) is 0 Å². The average molecular weight is 565 g/mol. The van der Waals surface area contributed by atoms with Crippen LogP contribution in [0.3, 0.4) is 0 Å². The van der Waals surface area contributed by atoms with E-state index in [1.807, 2.05) is 0 Å². The number of aromatic nitrogens is 3. The highest BCUT2D eigenvalue weighted by molar-refractivity contribution is 8.00. The summed E-state index contributed by atoms with van der Waals surface area (Å²) in [4.78, 5) is 73.8. The van der Waals surface area contributed by atoms with Crippen LogP contribution in [-0.4, -0.2) is 75.0 Å². The van der Waals surface area contributed by atoms with E-state index in [-0.39, 0.29) is 36.2 Å². The number of carboxylic acid groups (broad SMARTS) is 1. The maximum Gasteiger partial charge on any atom is 0.278 e. The average Bonchev–Trinajstić information content (AvgIpc) is 2.94. The van der Waals surface area contributed by atoms with Gasteiger partial charge in [-0.3, -0.25) is 24.1 Å². The van der Waals surface area contributed by atoms with E-state index >= 15 is 0 Å². The third-order valence-corrected chi connectivity index (χ3v) is 6.92. The Bertz CT molecular complexity index is 1470. The molecule has 40 heavy (non-hydrogen) atoms. The molecule has 15 nitrogen and oxygen atoms in total. The van der Waals surface area contributed by atoms with Crippen molar-refractivity contribution in [3.8, 4) is 12.3 Å². The monoisotopic (exact) mass is 564 g/mol. The predicted molar refractivity (Wildman–Crippen MR) is 136 cm³/mol. The van der Waals surface area contributed by atoms with Gasteiger partial charge in [0.2, 0.25) is 18.5 Å². The standard InChI is InChI=1S/C24H20N8O7S/c1-2-8-39-30-17(20-25-6-5-16(28-20)27-13-34)21(35)29-18-22(36)32-19(24(37)38)14(11-40-23(18)32)9-31-7-3-4-15(10-31)26-12-33/h1,3-7,10,12-13,18,23H,8-9,11H2,(H3-,25,26,27,28,29,33,34,35,37,38)/b30-17+/t18?,23-/m1/s1. The zero-order chi connectivity index (χ0) is 28.6. The number of carbonyl (C=O) groups is 5. The molecular weight excluding hydrogens is 544 g/mol. The van der Waals surface area contributed by atoms with Gasteiger partial charge >= 0.3 is 0 Å². The molecule has 0 spiro atoms. The molecule has 0 aliphatic carbocycles. The third-order valence-electron chi connectivity index (χ3n) is 5.58. The largest absolute Gasteiger partial charge is 0.543 e. The van der Waals surface area contributed by atoms with Crippen LogP contribution >= 0.6 is 11.8 Å². The Hall–Kier alpha value is -5.30. The SMILES string of the molecule is C#CCO/N=C(/C(=O)NC1C(=O)N2C(C(=O)[O-])=C(C[n+]3cccc(NC=O)c3)CS[C@H]12)c1nccc(NC=O)n1. The van der Waals surface area contributed by atoms with Crippen molar-refractivity contribution in [1.29, 1.82) is 0 Å². The van der Waals surface area contributed by atoms with Crippen LogP contribution < -0.4 is 25.6 Å². The lowest BCUT2D eigenvalue weighted by atomic mass is 10.0. The minimum absolute atomic E-state index is 0.0767. The van der Waals surface area contributed by atoms with Crippen molar-refractivity contribution in [2.45, 2.75) is 18.0 Å². The summed E-state index contributed by atoms with van der Waals surface area (Å²) in [5.74, 6) is -0.846. The molecule has 0 saturated carbocycles. The number of rotatable bonds is 12. The lowest BCUT2D eigenvalue weighted by molar-refractivity contribution is -0.688. The molecule has 2 aromatic heterocycles. The van der Waals surface area contributed by atoms with Gasteiger partial charge in [0.1, 0.15) is 22.9 Å². The summed E-state index contributed by atoms with van der Waals surface area (Å²) in [6.45, 7) is -0.156. The minimum Gasteiger partial charge on any atom is -0.543 e. The minimum atomic E-state index is -1.54. The van der Waals surface area contributed by atoms with Gasteiger partial charge < -0.3 is 30.7 Å². The molecule has 3 N–H and O–H groups in total. The normalized spacial score (nSPS) is 18.0. The molecule has 0 aromatic carbocycles. The van der Waals surface area contributed by atoms with Crippen molar-refractivity contribution in [3.63, 3.8) is 0 Å². The number of hydrogen-bond donors (Lipinski definition) is 3. The molecule has 0 radical (unpaired) electrons. The number of oxime groups is 1. The molecule has 4 rings (SSSR count). The number of terminal acetylenes is 1. The van der Waals surface area contributed by atoms with Gasteiger partial charge in [-0.15, -0.1) is 18.2 Å².